The van der Waals surface area contributed by atoms with Crippen molar-refractivity contribution in [1.82, 2.24) is 4.90 Å². The first kappa shape index (κ1) is 22.8. The number of benzene rings is 1. The van der Waals surface area contributed by atoms with Gasteiger partial charge in [0, 0.05) is 0 Å². The molecule has 0 bridgehead atoms. The van der Waals surface area contributed by atoms with Crippen molar-refractivity contribution < 1.29 is 19.1 Å². The van der Waals surface area contributed by atoms with Gasteiger partial charge in [-0.1, -0.05) is 23.9 Å². The number of nitrogens with two attached hydrogens (primary N) is 1. The Morgan fingerprint density at radius 1 is 1.07 bits per heavy atom. The highest BCUT2D eigenvalue weighted by Crippen LogP contribution is 2.20. The summed E-state index contributed by atoms with van der Waals surface area (Å²) >= 11 is 1.33. The minimum atomic E-state index is -0.769. The number of rotatable bonds is 3. The van der Waals surface area contributed by atoms with Gasteiger partial charge in [0.25, 0.3) is 0 Å². The number of hydrogen-bond donors (Lipinski definition) is 1. The van der Waals surface area contributed by atoms with Crippen molar-refractivity contribution in [2.24, 2.45) is 10.7 Å². The van der Waals surface area contributed by atoms with Crippen LogP contribution in [-0.4, -0.2) is 39.7 Å². The maximum atomic E-state index is 12.6. The van der Waals surface area contributed by atoms with Crippen LogP contribution in [0.2, 0.25) is 0 Å². The van der Waals surface area contributed by atoms with Gasteiger partial charge in [0.2, 0.25) is 0 Å². The monoisotopic (exact) mass is 395 g/mol. The Bertz CT molecular complexity index is 678. The highest BCUT2D eigenvalue weighted by molar-refractivity contribution is 8.13. The first-order valence-corrected chi connectivity index (χ1v) is 9.74. The van der Waals surface area contributed by atoms with Crippen LogP contribution in [0.25, 0.3) is 0 Å². The van der Waals surface area contributed by atoms with Crippen molar-refractivity contribution in [3.63, 3.8) is 0 Å². The van der Waals surface area contributed by atoms with Gasteiger partial charge in [-0.2, -0.15) is 0 Å². The predicted octanol–water partition coefficient (Wildman–Crippen LogP) is 4.67. The Morgan fingerprint density at radius 2 is 1.59 bits per heavy atom. The minimum Gasteiger partial charge on any atom is -0.443 e. The van der Waals surface area contributed by atoms with E-state index in [1.165, 1.54) is 11.8 Å². The van der Waals surface area contributed by atoms with Crippen LogP contribution in [0.3, 0.4) is 0 Å². The maximum Gasteiger partial charge on any atom is 0.420 e. The molecule has 0 aromatic heterocycles. The van der Waals surface area contributed by atoms with E-state index < -0.39 is 23.4 Å². The molecule has 8 heteroatoms. The second kappa shape index (κ2) is 9.12. The number of amidine groups is 1. The highest BCUT2D eigenvalue weighted by atomic mass is 32.2. The zero-order valence-corrected chi connectivity index (χ0v) is 17.8. The molecular weight excluding hydrogens is 366 g/mol. The average molecular weight is 396 g/mol. The van der Waals surface area contributed by atoms with Crippen molar-refractivity contribution in [2.45, 2.75) is 59.3 Å². The molecule has 0 unspecified atom stereocenters. The molecule has 0 saturated carbocycles. The summed E-state index contributed by atoms with van der Waals surface area (Å²) in [5.41, 5.74) is 5.59. The maximum absolute atomic E-state index is 12.6. The van der Waals surface area contributed by atoms with Crippen LogP contribution in [0.4, 0.5) is 15.3 Å². The lowest BCUT2D eigenvalue weighted by atomic mass is 10.2. The molecule has 1 aromatic rings. The van der Waals surface area contributed by atoms with E-state index in [0.717, 1.165) is 4.90 Å². The Balaban J connectivity index is 3.11. The summed E-state index contributed by atoms with van der Waals surface area (Å²) in [6.07, 6.45) is 0.290. The van der Waals surface area contributed by atoms with E-state index in [2.05, 4.69) is 4.99 Å². The summed E-state index contributed by atoms with van der Waals surface area (Å²) in [5.74, 6) is 0. The van der Waals surface area contributed by atoms with Gasteiger partial charge >= 0.3 is 12.2 Å². The molecule has 1 aromatic carbocycles. The molecule has 0 aliphatic heterocycles. The average Bonchev–Trinajstić information content (AvgIpc) is 2.49. The molecule has 150 valence electrons. The quantitative estimate of drug-likeness (QED) is 0.590. The molecule has 0 aliphatic carbocycles. The van der Waals surface area contributed by atoms with Crippen molar-refractivity contribution in [2.75, 3.05) is 6.26 Å². The topological polar surface area (TPSA) is 94.2 Å². The minimum absolute atomic E-state index is 0.00758. The van der Waals surface area contributed by atoms with Crippen LogP contribution in [0, 0.1) is 0 Å². The molecule has 0 spiro atoms. The van der Waals surface area contributed by atoms with Crippen molar-refractivity contribution in [3.05, 3.63) is 29.8 Å². The first-order valence-electron chi connectivity index (χ1n) is 8.51. The lowest BCUT2D eigenvalue weighted by Crippen LogP contribution is -2.43. The van der Waals surface area contributed by atoms with E-state index in [1.54, 1.807) is 65.8 Å². The standard InChI is InChI=1S/C19H29N3O4S/c1-18(2,3)25-16(23)22(17(24)26-19(4,5)6)12-13-9-8-10-14(11-13)21-15(20)27-7/h8-11H,12H2,1-7H3,(H2,20,21). The molecule has 0 heterocycles. The lowest BCUT2D eigenvalue weighted by molar-refractivity contribution is -0.000247. The number of nitrogens with zero attached hydrogens (tertiary/aromatic N) is 2. The van der Waals surface area contributed by atoms with Gasteiger partial charge in [0.05, 0.1) is 12.2 Å². The molecular formula is C19H29N3O4S. The molecule has 0 atom stereocenters. The van der Waals surface area contributed by atoms with Crippen molar-refractivity contribution in [1.29, 1.82) is 0 Å². The summed E-state index contributed by atoms with van der Waals surface area (Å²) in [6, 6.07) is 7.11. The number of amides is 2. The third-order valence-electron chi connectivity index (χ3n) is 2.93. The summed E-state index contributed by atoms with van der Waals surface area (Å²) < 4.78 is 10.7. The SMILES string of the molecule is CSC(N)=Nc1cccc(CN(C(=O)OC(C)(C)C)C(=O)OC(C)(C)C)c1. The van der Waals surface area contributed by atoms with E-state index >= 15 is 0 Å². The molecule has 7 nitrogen and oxygen atoms in total. The number of ether oxygens (including phenoxy) is 2. The Hall–Kier alpha value is -2.22. The molecule has 2 N–H and O–H groups in total. The summed E-state index contributed by atoms with van der Waals surface area (Å²) in [5, 5.41) is 0.420. The van der Waals surface area contributed by atoms with Gasteiger partial charge in [-0.3, -0.25) is 0 Å². The number of carbonyl (C=O) groups is 2. The summed E-state index contributed by atoms with van der Waals surface area (Å²) in [7, 11) is 0. The van der Waals surface area contributed by atoms with Crippen LogP contribution in [0.1, 0.15) is 47.1 Å². The molecule has 0 aliphatic rings. The smallest absolute Gasteiger partial charge is 0.420 e. The zero-order valence-electron chi connectivity index (χ0n) is 17.0. The molecule has 0 fully saturated rings. The fourth-order valence-corrected chi connectivity index (χ4v) is 2.11. The molecule has 27 heavy (non-hydrogen) atoms. The number of imide groups is 1. The normalized spacial score (nSPS) is 12.5. The van der Waals surface area contributed by atoms with E-state index in [4.69, 9.17) is 15.2 Å². The van der Waals surface area contributed by atoms with E-state index in [0.29, 0.717) is 16.4 Å². The van der Waals surface area contributed by atoms with Crippen LogP contribution in [0.5, 0.6) is 0 Å². The lowest BCUT2D eigenvalue weighted by Gasteiger charge is -2.28. The van der Waals surface area contributed by atoms with Gasteiger partial charge in [-0.25, -0.2) is 19.5 Å². The molecule has 2 amide bonds. The van der Waals surface area contributed by atoms with Gasteiger partial charge in [0.15, 0.2) is 5.17 Å². The third-order valence-corrected chi connectivity index (χ3v) is 3.44. The van der Waals surface area contributed by atoms with Crippen LogP contribution in [0.15, 0.2) is 29.3 Å². The van der Waals surface area contributed by atoms with Crippen molar-refractivity contribution in [3.8, 4) is 0 Å². The Kier molecular flexibility index (Phi) is 7.71. The van der Waals surface area contributed by atoms with Crippen LogP contribution >= 0.6 is 11.8 Å². The van der Waals surface area contributed by atoms with E-state index in [9.17, 15) is 9.59 Å². The van der Waals surface area contributed by atoms with Crippen LogP contribution in [-0.2, 0) is 16.0 Å². The number of carbonyl (C=O) groups excluding carboxylic acids is 2. The number of thioether (sulfide) groups is 1. The first-order chi connectivity index (χ1) is 12.3. The fourth-order valence-electron chi connectivity index (χ4n) is 1.92. The van der Waals surface area contributed by atoms with Gasteiger partial charge in [-0.15, -0.1) is 0 Å². The molecule has 1 rings (SSSR count). The molecule has 0 saturated heterocycles. The largest absolute Gasteiger partial charge is 0.443 e. The second-order valence-electron chi connectivity index (χ2n) is 7.87. The van der Waals surface area contributed by atoms with Gasteiger partial charge in [0.1, 0.15) is 11.2 Å². The van der Waals surface area contributed by atoms with Gasteiger partial charge < -0.3 is 15.2 Å². The number of hydrogen-bond acceptors (Lipinski definition) is 6. The van der Waals surface area contributed by atoms with E-state index in [1.807, 2.05) is 6.26 Å². The van der Waals surface area contributed by atoms with Gasteiger partial charge in [-0.05, 0) is 65.5 Å². The van der Waals surface area contributed by atoms with Crippen LogP contribution < -0.4 is 5.73 Å². The Labute approximate surface area is 165 Å². The van der Waals surface area contributed by atoms with E-state index in [-0.39, 0.29) is 6.54 Å². The second-order valence-corrected chi connectivity index (χ2v) is 8.70. The summed E-state index contributed by atoms with van der Waals surface area (Å²) in [4.78, 5) is 30.3. The Morgan fingerprint density at radius 3 is 2.04 bits per heavy atom. The highest BCUT2D eigenvalue weighted by Gasteiger charge is 2.31. The zero-order chi connectivity index (χ0) is 20.8. The van der Waals surface area contributed by atoms with Crippen molar-refractivity contribution >= 4 is 34.8 Å². The molecule has 0 radical (unpaired) electrons. The predicted molar refractivity (Wildman–Crippen MR) is 109 cm³/mol. The third kappa shape index (κ3) is 8.81. The fraction of sp³-hybridized carbons (Fsp3) is 0.526. The summed E-state index contributed by atoms with van der Waals surface area (Å²) in [6.45, 7) is 10.4. The number of aliphatic imine (C=N–C) groups is 1.